The molecule has 1 atom stereocenters. The Labute approximate surface area is 189 Å². The SMILES string of the molecule is Cc1ccnc(NC(=O)C2CCN(C(=O)C(C)n3c(-c4cccs4)n[nH]c3=S)CC2)c1. The number of hydrogen-bond donors (Lipinski definition) is 2. The number of aromatic nitrogens is 4. The summed E-state index contributed by atoms with van der Waals surface area (Å²) in [6.45, 7) is 4.86. The fourth-order valence-corrected chi connectivity index (χ4v) is 4.81. The molecule has 0 spiro atoms. The van der Waals surface area contributed by atoms with Gasteiger partial charge in [0.1, 0.15) is 11.9 Å². The monoisotopic (exact) mass is 456 g/mol. The molecule has 1 saturated heterocycles. The van der Waals surface area contributed by atoms with E-state index in [0.29, 0.717) is 42.3 Å². The maximum absolute atomic E-state index is 13.2. The van der Waals surface area contributed by atoms with Crippen LogP contribution in [0, 0.1) is 17.6 Å². The van der Waals surface area contributed by atoms with Crippen molar-refractivity contribution in [3.8, 4) is 10.7 Å². The topological polar surface area (TPSA) is 95.9 Å². The number of nitrogens with zero attached hydrogens (tertiary/aromatic N) is 4. The molecule has 4 rings (SSSR count). The van der Waals surface area contributed by atoms with Crippen LogP contribution in [0.15, 0.2) is 35.8 Å². The van der Waals surface area contributed by atoms with Crippen molar-refractivity contribution < 1.29 is 9.59 Å². The molecule has 1 fully saturated rings. The number of pyridine rings is 1. The number of aromatic amines is 1. The molecule has 2 N–H and O–H groups in total. The third-order valence-electron chi connectivity index (χ3n) is 5.53. The van der Waals surface area contributed by atoms with E-state index in [9.17, 15) is 9.59 Å². The van der Waals surface area contributed by atoms with Crippen molar-refractivity contribution in [3.05, 3.63) is 46.2 Å². The number of piperidine rings is 1. The van der Waals surface area contributed by atoms with Crippen LogP contribution in [-0.4, -0.2) is 49.6 Å². The third-order valence-corrected chi connectivity index (χ3v) is 6.69. The van der Waals surface area contributed by atoms with Crippen molar-refractivity contribution in [2.75, 3.05) is 18.4 Å². The van der Waals surface area contributed by atoms with E-state index in [0.717, 1.165) is 10.4 Å². The molecule has 0 saturated carbocycles. The van der Waals surface area contributed by atoms with Crippen LogP contribution in [0.5, 0.6) is 0 Å². The molecule has 0 bridgehead atoms. The summed E-state index contributed by atoms with van der Waals surface area (Å²) in [6.07, 6.45) is 2.91. The largest absolute Gasteiger partial charge is 0.341 e. The molecule has 0 aliphatic carbocycles. The smallest absolute Gasteiger partial charge is 0.245 e. The van der Waals surface area contributed by atoms with E-state index in [-0.39, 0.29) is 17.7 Å². The number of hydrogen-bond acceptors (Lipinski definition) is 6. The molecule has 0 radical (unpaired) electrons. The average Bonchev–Trinajstić information content (AvgIpc) is 3.42. The van der Waals surface area contributed by atoms with Crippen LogP contribution in [0.25, 0.3) is 10.7 Å². The number of rotatable bonds is 5. The summed E-state index contributed by atoms with van der Waals surface area (Å²) >= 11 is 6.94. The quantitative estimate of drug-likeness (QED) is 0.569. The van der Waals surface area contributed by atoms with Gasteiger partial charge in [-0.05, 0) is 68.0 Å². The molecule has 1 unspecified atom stereocenters. The normalized spacial score (nSPS) is 15.6. The second-order valence-corrected chi connectivity index (χ2v) is 9.02. The van der Waals surface area contributed by atoms with Gasteiger partial charge in [-0.3, -0.25) is 19.3 Å². The first-order valence-electron chi connectivity index (χ1n) is 10.2. The van der Waals surface area contributed by atoms with Gasteiger partial charge in [0.25, 0.3) is 0 Å². The van der Waals surface area contributed by atoms with Gasteiger partial charge in [-0.25, -0.2) is 4.98 Å². The minimum atomic E-state index is -0.481. The number of amides is 2. The van der Waals surface area contributed by atoms with Crippen molar-refractivity contribution in [1.29, 1.82) is 0 Å². The standard InChI is InChI=1S/C21H24N6O2S2/c1-13-5-8-22-17(12-13)23-19(28)15-6-9-26(10-7-15)20(29)14(2)27-18(24-25-21(27)30)16-4-3-11-31-16/h3-5,8,11-12,14-15H,6-7,9-10H2,1-2H3,(H,25,30)(H,22,23,28). The molecule has 162 valence electrons. The Morgan fingerprint density at radius 3 is 2.77 bits per heavy atom. The Morgan fingerprint density at radius 2 is 2.10 bits per heavy atom. The highest BCUT2D eigenvalue weighted by atomic mass is 32.1. The average molecular weight is 457 g/mol. The zero-order chi connectivity index (χ0) is 22.0. The molecule has 10 heteroatoms. The molecule has 31 heavy (non-hydrogen) atoms. The minimum Gasteiger partial charge on any atom is -0.341 e. The molecule has 2 amide bonds. The van der Waals surface area contributed by atoms with E-state index in [1.54, 1.807) is 22.1 Å². The van der Waals surface area contributed by atoms with Crippen LogP contribution >= 0.6 is 23.6 Å². The molecular weight excluding hydrogens is 432 g/mol. The lowest BCUT2D eigenvalue weighted by molar-refractivity contribution is -0.137. The van der Waals surface area contributed by atoms with Crippen molar-refractivity contribution in [2.45, 2.75) is 32.7 Å². The molecule has 3 aromatic heterocycles. The highest BCUT2D eigenvalue weighted by Gasteiger charge is 2.31. The Balaban J connectivity index is 1.39. The molecule has 1 aliphatic heterocycles. The zero-order valence-electron chi connectivity index (χ0n) is 17.4. The van der Waals surface area contributed by atoms with E-state index in [4.69, 9.17) is 12.2 Å². The van der Waals surface area contributed by atoms with Crippen molar-refractivity contribution in [1.82, 2.24) is 24.6 Å². The molecule has 4 heterocycles. The number of carbonyl (C=O) groups is 2. The van der Waals surface area contributed by atoms with E-state index < -0.39 is 6.04 Å². The third kappa shape index (κ3) is 4.59. The fraction of sp³-hybridized carbons (Fsp3) is 0.381. The Hall–Kier alpha value is -2.85. The lowest BCUT2D eigenvalue weighted by Gasteiger charge is -2.33. The van der Waals surface area contributed by atoms with Crippen LogP contribution in [0.1, 0.15) is 31.4 Å². The van der Waals surface area contributed by atoms with Gasteiger partial charge in [0.05, 0.1) is 4.88 Å². The second kappa shape index (κ2) is 9.11. The minimum absolute atomic E-state index is 0.0190. The fourth-order valence-electron chi connectivity index (χ4n) is 3.81. The van der Waals surface area contributed by atoms with Crippen LogP contribution in [-0.2, 0) is 9.59 Å². The van der Waals surface area contributed by atoms with Gasteiger partial charge in [-0.2, -0.15) is 5.10 Å². The highest BCUT2D eigenvalue weighted by Crippen LogP contribution is 2.27. The van der Waals surface area contributed by atoms with Gasteiger partial charge in [-0.1, -0.05) is 6.07 Å². The molecule has 1 aliphatic rings. The van der Waals surface area contributed by atoms with Gasteiger partial charge >= 0.3 is 0 Å². The van der Waals surface area contributed by atoms with Gasteiger partial charge in [-0.15, -0.1) is 11.3 Å². The number of thiophene rings is 1. The summed E-state index contributed by atoms with van der Waals surface area (Å²) in [6, 6.07) is 7.15. The Morgan fingerprint density at radius 1 is 1.32 bits per heavy atom. The lowest BCUT2D eigenvalue weighted by atomic mass is 9.95. The summed E-state index contributed by atoms with van der Waals surface area (Å²) in [4.78, 5) is 32.8. The van der Waals surface area contributed by atoms with Gasteiger partial charge in [0.15, 0.2) is 10.6 Å². The number of H-pyrrole nitrogens is 1. The summed E-state index contributed by atoms with van der Waals surface area (Å²) in [5.74, 6) is 1.03. The zero-order valence-corrected chi connectivity index (χ0v) is 19.0. The van der Waals surface area contributed by atoms with E-state index in [1.165, 1.54) is 0 Å². The lowest BCUT2D eigenvalue weighted by Crippen LogP contribution is -2.44. The number of nitrogens with one attached hydrogen (secondary N) is 2. The summed E-state index contributed by atoms with van der Waals surface area (Å²) in [7, 11) is 0. The van der Waals surface area contributed by atoms with Crippen LogP contribution < -0.4 is 5.32 Å². The molecule has 0 aromatic carbocycles. The summed E-state index contributed by atoms with van der Waals surface area (Å²) in [5, 5.41) is 12.0. The van der Waals surface area contributed by atoms with Crippen LogP contribution in [0.3, 0.4) is 0 Å². The van der Waals surface area contributed by atoms with Gasteiger partial charge < -0.3 is 10.2 Å². The number of carbonyl (C=O) groups excluding carboxylic acids is 2. The maximum atomic E-state index is 13.2. The molecule has 3 aromatic rings. The Bertz CT molecular complexity index is 1130. The molecule has 8 nitrogen and oxygen atoms in total. The van der Waals surface area contributed by atoms with Gasteiger partial charge in [0, 0.05) is 25.2 Å². The Kier molecular flexibility index (Phi) is 6.28. The highest BCUT2D eigenvalue weighted by molar-refractivity contribution is 7.71. The van der Waals surface area contributed by atoms with Crippen molar-refractivity contribution in [3.63, 3.8) is 0 Å². The van der Waals surface area contributed by atoms with E-state index >= 15 is 0 Å². The van der Waals surface area contributed by atoms with Crippen molar-refractivity contribution in [2.24, 2.45) is 5.92 Å². The predicted molar refractivity (Wildman–Crippen MR) is 122 cm³/mol. The maximum Gasteiger partial charge on any atom is 0.245 e. The van der Waals surface area contributed by atoms with Crippen LogP contribution in [0.4, 0.5) is 5.82 Å². The van der Waals surface area contributed by atoms with Crippen molar-refractivity contribution >= 4 is 41.2 Å². The second-order valence-electron chi connectivity index (χ2n) is 7.68. The first-order chi connectivity index (χ1) is 14.9. The van der Waals surface area contributed by atoms with Gasteiger partial charge in [0.2, 0.25) is 11.8 Å². The number of likely N-dealkylation sites (tertiary alicyclic amines) is 1. The number of anilines is 1. The number of aryl methyl sites for hydroxylation is 1. The van der Waals surface area contributed by atoms with E-state index in [2.05, 4.69) is 20.5 Å². The van der Waals surface area contributed by atoms with E-state index in [1.807, 2.05) is 48.4 Å². The first-order valence-corrected chi connectivity index (χ1v) is 11.5. The summed E-state index contributed by atoms with van der Waals surface area (Å²) in [5.41, 5.74) is 1.04. The predicted octanol–water partition coefficient (Wildman–Crippen LogP) is 3.81. The summed E-state index contributed by atoms with van der Waals surface area (Å²) < 4.78 is 2.19. The first kappa shape index (κ1) is 21.4. The molecular formula is C21H24N6O2S2. The van der Waals surface area contributed by atoms with Crippen LogP contribution in [0.2, 0.25) is 0 Å².